The zero-order chi connectivity index (χ0) is 9.56. The lowest BCUT2D eigenvalue weighted by Gasteiger charge is -1.93. The van der Waals surface area contributed by atoms with Crippen molar-refractivity contribution in [1.29, 1.82) is 0 Å². The molecule has 0 saturated heterocycles. The molecule has 66 valence electrons. The van der Waals surface area contributed by atoms with Crippen molar-refractivity contribution in [3.05, 3.63) is 35.6 Å². The summed E-state index contributed by atoms with van der Waals surface area (Å²) in [6.07, 6.45) is 0. The molecule has 1 rings (SSSR count). The average molecular weight is 202 g/mol. The first kappa shape index (κ1) is 11.6. The normalized spacial score (nSPS) is 8.33. The fourth-order valence-electron chi connectivity index (χ4n) is 0.592. The molecular formula is C9H11FS2. The topological polar surface area (TPSA) is 0 Å². The largest absolute Gasteiger partial charge is 0.207 e. The third-order valence-corrected chi connectivity index (χ3v) is 1.59. The molecule has 0 fully saturated rings. The van der Waals surface area contributed by atoms with Crippen molar-refractivity contribution < 1.29 is 4.39 Å². The van der Waals surface area contributed by atoms with Gasteiger partial charge in [-0.15, -0.1) is 12.6 Å². The summed E-state index contributed by atoms with van der Waals surface area (Å²) in [5, 5.41) is 0. The van der Waals surface area contributed by atoms with E-state index >= 15 is 0 Å². The fraction of sp³-hybridized carbons (Fsp3) is 0.222. The number of hydrogen-bond acceptors (Lipinski definition) is 1. The maximum absolute atomic E-state index is 12.3. The molecule has 1 aromatic carbocycles. The van der Waals surface area contributed by atoms with Crippen LogP contribution in [-0.2, 0) is 0 Å². The highest BCUT2D eigenvalue weighted by Gasteiger charge is 1.94. The minimum absolute atomic E-state index is 0.256. The molecule has 3 heteroatoms. The van der Waals surface area contributed by atoms with Crippen LogP contribution in [0.25, 0.3) is 0 Å². The molecule has 0 spiro atoms. The van der Waals surface area contributed by atoms with E-state index < -0.39 is 0 Å². The van der Waals surface area contributed by atoms with Crippen molar-refractivity contribution in [2.45, 2.75) is 13.8 Å². The van der Waals surface area contributed by atoms with Crippen molar-refractivity contribution >= 4 is 29.0 Å². The van der Waals surface area contributed by atoms with E-state index in [1.54, 1.807) is 12.1 Å². The van der Waals surface area contributed by atoms with Crippen molar-refractivity contribution in [1.82, 2.24) is 0 Å². The fourth-order valence-corrected chi connectivity index (χ4v) is 0.878. The quantitative estimate of drug-likeness (QED) is 0.537. The number of halogens is 1. The highest BCUT2D eigenvalue weighted by atomic mass is 32.1. The molecule has 0 amide bonds. The average Bonchev–Trinajstić information content (AvgIpc) is 2.09. The number of thiol groups is 1. The Balaban J connectivity index is 0.000000561. The van der Waals surface area contributed by atoms with Crippen LogP contribution >= 0.6 is 24.8 Å². The van der Waals surface area contributed by atoms with Crippen LogP contribution in [0.4, 0.5) is 4.39 Å². The molecule has 0 nitrogen and oxygen atoms in total. The summed E-state index contributed by atoms with van der Waals surface area (Å²) in [6, 6.07) is 5.92. The Morgan fingerprint density at radius 1 is 1.25 bits per heavy atom. The van der Waals surface area contributed by atoms with Crippen molar-refractivity contribution in [2.75, 3.05) is 0 Å². The van der Waals surface area contributed by atoms with E-state index in [2.05, 4.69) is 12.6 Å². The van der Waals surface area contributed by atoms with Gasteiger partial charge in [-0.1, -0.05) is 38.2 Å². The molecule has 12 heavy (non-hydrogen) atoms. The monoisotopic (exact) mass is 202 g/mol. The maximum Gasteiger partial charge on any atom is 0.123 e. The van der Waals surface area contributed by atoms with Gasteiger partial charge in [-0.05, 0) is 17.7 Å². The van der Waals surface area contributed by atoms with Crippen LogP contribution < -0.4 is 0 Å². The van der Waals surface area contributed by atoms with E-state index in [0.717, 1.165) is 5.56 Å². The predicted octanol–water partition coefficient (Wildman–Crippen LogP) is 3.46. The van der Waals surface area contributed by atoms with Gasteiger partial charge in [-0.3, -0.25) is 0 Å². The number of thiocarbonyl (C=S) groups is 1. The molecule has 0 heterocycles. The second kappa shape index (κ2) is 6.14. The second-order valence-corrected chi connectivity index (χ2v) is 2.97. The standard InChI is InChI=1S/C7H5FS2.C2H6/c8-6-3-1-5(2-4-6)7(9)10;1-2/h1-4H,(H,9,10);1-2H3. The highest BCUT2D eigenvalue weighted by molar-refractivity contribution is 8.11. The van der Waals surface area contributed by atoms with Crippen LogP contribution in [0.2, 0.25) is 0 Å². The molecule has 0 aliphatic rings. The van der Waals surface area contributed by atoms with Crippen molar-refractivity contribution in [2.24, 2.45) is 0 Å². The third-order valence-electron chi connectivity index (χ3n) is 1.09. The molecule has 0 radical (unpaired) electrons. The molecule has 0 saturated carbocycles. The van der Waals surface area contributed by atoms with Crippen LogP contribution in [0.3, 0.4) is 0 Å². The van der Waals surface area contributed by atoms with Crippen molar-refractivity contribution in [3.8, 4) is 0 Å². The zero-order valence-electron chi connectivity index (χ0n) is 7.04. The van der Waals surface area contributed by atoms with Gasteiger partial charge in [0.1, 0.15) is 5.82 Å². The molecule has 0 aliphatic carbocycles. The predicted molar refractivity (Wildman–Crippen MR) is 58.4 cm³/mol. The molecule has 0 aliphatic heterocycles. The van der Waals surface area contributed by atoms with Crippen LogP contribution in [0.1, 0.15) is 19.4 Å². The first-order valence-corrected chi connectivity index (χ1v) is 4.54. The van der Waals surface area contributed by atoms with Gasteiger partial charge >= 0.3 is 0 Å². The van der Waals surface area contributed by atoms with E-state index in [1.807, 2.05) is 13.8 Å². The Morgan fingerprint density at radius 2 is 1.67 bits per heavy atom. The van der Waals surface area contributed by atoms with Gasteiger partial charge in [0, 0.05) is 0 Å². The summed E-state index contributed by atoms with van der Waals surface area (Å²) >= 11 is 8.68. The molecule has 0 N–H and O–H groups in total. The van der Waals surface area contributed by atoms with E-state index in [1.165, 1.54) is 12.1 Å². The summed E-state index contributed by atoms with van der Waals surface area (Å²) in [4.78, 5) is 0. The summed E-state index contributed by atoms with van der Waals surface area (Å²) in [7, 11) is 0. The molecule has 0 atom stereocenters. The summed E-state index contributed by atoms with van der Waals surface area (Å²) in [5.41, 5.74) is 0.778. The van der Waals surface area contributed by atoms with E-state index in [9.17, 15) is 4.39 Å². The number of hydrogen-bond donors (Lipinski definition) is 1. The van der Waals surface area contributed by atoms with Gasteiger partial charge in [0.05, 0.1) is 4.20 Å². The highest BCUT2D eigenvalue weighted by Crippen LogP contribution is 2.05. The third kappa shape index (κ3) is 3.83. The molecule has 0 aromatic heterocycles. The Morgan fingerprint density at radius 3 is 2.00 bits per heavy atom. The van der Waals surface area contributed by atoms with Gasteiger partial charge < -0.3 is 0 Å². The van der Waals surface area contributed by atoms with Crippen molar-refractivity contribution in [3.63, 3.8) is 0 Å². The Hall–Kier alpha value is -0.410. The Kier molecular flexibility index (Phi) is 5.93. The smallest absolute Gasteiger partial charge is 0.123 e. The van der Waals surface area contributed by atoms with Crippen LogP contribution in [0, 0.1) is 5.82 Å². The maximum atomic E-state index is 12.3. The molecular weight excluding hydrogens is 191 g/mol. The van der Waals surface area contributed by atoms with Crippen LogP contribution in [-0.4, -0.2) is 4.20 Å². The van der Waals surface area contributed by atoms with Gasteiger partial charge in [0.2, 0.25) is 0 Å². The van der Waals surface area contributed by atoms with E-state index in [0.29, 0.717) is 4.20 Å². The Bertz CT molecular complexity index is 241. The van der Waals surface area contributed by atoms with Crippen LogP contribution in [0.15, 0.2) is 24.3 Å². The summed E-state index contributed by atoms with van der Waals surface area (Å²) in [6.45, 7) is 4.00. The first-order chi connectivity index (χ1) is 5.70. The minimum atomic E-state index is -0.256. The SMILES string of the molecule is CC.Fc1ccc(C(=S)S)cc1. The summed E-state index contributed by atoms with van der Waals surface area (Å²) in [5.74, 6) is -0.256. The van der Waals surface area contributed by atoms with E-state index in [-0.39, 0.29) is 5.82 Å². The van der Waals surface area contributed by atoms with Gasteiger partial charge in [-0.25, -0.2) is 4.39 Å². The number of benzene rings is 1. The van der Waals surface area contributed by atoms with E-state index in [4.69, 9.17) is 12.2 Å². The zero-order valence-corrected chi connectivity index (χ0v) is 8.75. The first-order valence-electron chi connectivity index (χ1n) is 3.69. The lowest BCUT2D eigenvalue weighted by molar-refractivity contribution is 0.628. The van der Waals surface area contributed by atoms with Crippen LogP contribution in [0.5, 0.6) is 0 Å². The molecule has 1 aromatic rings. The molecule has 0 bridgehead atoms. The minimum Gasteiger partial charge on any atom is -0.207 e. The lowest BCUT2D eigenvalue weighted by atomic mass is 10.2. The number of rotatable bonds is 1. The molecule has 0 unspecified atom stereocenters. The van der Waals surface area contributed by atoms with Gasteiger partial charge in [0.25, 0.3) is 0 Å². The lowest BCUT2D eigenvalue weighted by Crippen LogP contribution is -1.85. The summed E-state index contributed by atoms with van der Waals surface area (Å²) < 4.78 is 12.8. The Labute approximate surface area is 83.2 Å². The van der Waals surface area contributed by atoms with Gasteiger partial charge in [0.15, 0.2) is 0 Å². The van der Waals surface area contributed by atoms with Gasteiger partial charge in [-0.2, -0.15) is 0 Å². The second-order valence-electron chi connectivity index (χ2n) is 1.81.